The third kappa shape index (κ3) is 3.35. The molecule has 1 aliphatic carbocycles. The zero-order chi connectivity index (χ0) is 14.7. The monoisotopic (exact) mass is 300 g/mol. The molecule has 2 heterocycles. The number of fused-ring (bicyclic) bond motifs is 1. The number of nitrogens with zero attached hydrogens (tertiary/aromatic N) is 1. The van der Waals surface area contributed by atoms with Crippen LogP contribution in [0.25, 0.3) is 0 Å². The standard InChI is InChI=1S/C18H24N2S/c1-3-8-20-18(15-9-13(2)11-19-12-15)17-10-14-6-4-5-7-16(14)21-17/h9-12,18,20H,3-8H2,1-2H3. The summed E-state index contributed by atoms with van der Waals surface area (Å²) in [6, 6.07) is 5.00. The average Bonchev–Trinajstić information content (AvgIpc) is 2.91. The molecule has 0 spiro atoms. The second-order valence-electron chi connectivity index (χ2n) is 5.99. The van der Waals surface area contributed by atoms with Crippen LogP contribution in [-0.2, 0) is 12.8 Å². The van der Waals surface area contributed by atoms with Gasteiger partial charge < -0.3 is 5.32 Å². The molecule has 0 amide bonds. The second kappa shape index (κ2) is 6.71. The lowest BCUT2D eigenvalue weighted by Crippen LogP contribution is -2.22. The molecule has 1 N–H and O–H groups in total. The number of pyridine rings is 1. The maximum atomic E-state index is 4.39. The molecule has 21 heavy (non-hydrogen) atoms. The van der Waals surface area contributed by atoms with Gasteiger partial charge in [-0.25, -0.2) is 0 Å². The maximum absolute atomic E-state index is 4.39. The van der Waals surface area contributed by atoms with Crippen molar-refractivity contribution in [3.05, 3.63) is 51.0 Å². The molecule has 0 fully saturated rings. The number of rotatable bonds is 5. The van der Waals surface area contributed by atoms with Crippen molar-refractivity contribution in [2.45, 2.75) is 52.0 Å². The first-order valence-electron chi connectivity index (χ1n) is 8.04. The van der Waals surface area contributed by atoms with Gasteiger partial charge in [-0.3, -0.25) is 4.98 Å². The van der Waals surface area contributed by atoms with Crippen LogP contribution in [0.1, 0.15) is 58.7 Å². The zero-order valence-corrected chi connectivity index (χ0v) is 13.8. The Morgan fingerprint density at radius 1 is 1.24 bits per heavy atom. The summed E-state index contributed by atoms with van der Waals surface area (Å²) < 4.78 is 0. The fraction of sp³-hybridized carbons (Fsp3) is 0.500. The van der Waals surface area contributed by atoms with Crippen LogP contribution >= 0.6 is 11.3 Å². The van der Waals surface area contributed by atoms with Crippen LogP contribution in [0.3, 0.4) is 0 Å². The molecule has 2 aromatic rings. The highest BCUT2D eigenvalue weighted by Crippen LogP contribution is 2.35. The van der Waals surface area contributed by atoms with E-state index in [1.807, 2.05) is 23.7 Å². The minimum absolute atomic E-state index is 0.299. The highest BCUT2D eigenvalue weighted by atomic mass is 32.1. The van der Waals surface area contributed by atoms with E-state index in [2.05, 4.69) is 36.3 Å². The van der Waals surface area contributed by atoms with Gasteiger partial charge in [-0.05, 0) is 68.3 Å². The molecule has 0 saturated carbocycles. The topological polar surface area (TPSA) is 24.9 Å². The Morgan fingerprint density at radius 2 is 2.10 bits per heavy atom. The minimum Gasteiger partial charge on any atom is -0.306 e. The van der Waals surface area contributed by atoms with Crippen LogP contribution in [0, 0.1) is 6.92 Å². The predicted octanol–water partition coefficient (Wildman–Crippen LogP) is 4.42. The van der Waals surface area contributed by atoms with E-state index in [0.717, 1.165) is 13.0 Å². The van der Waals surface area contributed by atoms with Crippen LogP contribution in [-0.4, -0.2) is 11.5 Å². The molecular formula is C18H24N2S. The Balaban J connectivity index is 1.93. The van der Waals surface area contributed by atoms with Crippen molar-refractivity contribution in [1.82, 2.24) is 10.3 Å². The van der Waals surface area contributed by atoms with Crippen LogP contribution < -0.4 is 5.32 Å². The van der Waals surface area contributed by atoms with E-state index in [1.54, 1.807) is 10.4 Å². The number of hydrogen-bond donors (Lipinski definition) is 1. The van der Waals surface area contributed by atoms with Gasteiger partial charge in [-0.2, -0.15) is 0 Å². The van der Waals surface area contributed by atoms with Gasteiger partial charge in [0.25, 0.3) is 0 Å². The lowest BCUT2D eigenvalue weighted by Gasteiger charge is -2.17. The summed E-state index contributed by atoms with van der Waals surface area (Å²) in [5, 5.41) is 3.71. The third-order valence-electron chi connectivity index (χ3n) is 4.13. The molecule has 1 aliphatic rings. The molecule has 2 nitrogen and oxygen atoms in total. The molecule has 3 heteroatoms. The summed E-state index contributed by atoms with van der Waals surface area (Å²) in [7, 11) is 0. The van der Waals surface area contributed by atoms with Crippen molar-refractivity contribution in [2.24, 2.45) is 0 Å². The highest BCUT2D eigenvalue weighted by Gasteiger charge is 2.20. The molecule has 0 radical (unpaired) electrons. The van der Waals surface area contributed by atoms with E-state index in [-0.39, 0.29) is 0 Å². The van der Waals surface area contributed by atoms with Crippen molar-refractivity contribution in [3.63, 3.8) is 0 Å². The van der Waals surface area contributed by atoms with E-state index in [9.17, 15) is 0 Å². The summed E-state index contributed by atoms with van der Waals surface area (Å²) in [6.45, 7) is 5.38. The Bertz CT molecular complexity index is 580. The summed E-state index contributed by atoms with van der Waals surface area (Å²) in [5.41, 5.74) is 4.12. The molecule has 112 valence electrons. The van der Waals surface area contributed by atoms with Gasteiger partial charge in [-0.1, -0.05) is 13.0 Å². The van der Waals surface area contributed by atoms with E-state index >= 15 is 0 Å². The highest BCUT2D eigenvalue weighted by molar-refractivity contribution is 7.12. The molecule has 1 unspecified atom stereocenters. The summed E-state index contributed by atoms with van der Waals surface area (Å²) in [5.74, 6) is 0. The first-order chi connectivity index (χ1) is 10.3. The fourth-order valence-electron chi connectivity index (χ4n) is 3.06. The molecule has 0 aliphatic heterocycles. The normalized spacial score (nSPS) is 15.7. The van der Waals surface area contributed by atoms with Crippen LogP contribution in [0.2, 0.25) is 0 Å². The molecule has 0 saturated heterocycles. The lowest BCUT2D eigenvalue weighted by atomic mass is 9.98. The summed E-state index contributed by atoms with van der Waals surface area (Å²) >= 11 is 2.00. The Morgan fingerprint density at radius 3 is 2.86 bits per heavy atom. The van der Waals surface area contributed by atoms with Gasteiger partial charge in [-0.15, -0.1) is 11.3 Å². The molecule has 0 bridgehead atoms. The van der Waals surface area contributed by atoms with Crippen molar-refractivity contribution >= 4 is 11.3 Å². The number of hydrogen-bond acceptors (Lipinski definition) is 3. The van der Waals surface area contributed by atoms with Crippen molar-refractivity contribution in [1.29, 1.82) is 0 Å². The van der Waals surface area contributed by atoms with E-state index in [1.165, 1.54) is 41.7 Å². The number of nitrogens with one attached hydrogen (secondary N) is 1. The van der Waals surface area contributed by atoms with Crippen LogP contribution in [0.4, 0.5) is 0 Å². The quantitative estimate of drug-likeness (QED) is 0.884. The predicted molar refractivity (Wildman–Crippen MR) is 90.1 cm³/mol. The first kappa shape index (κ1) is 14.7. The van der Waals surface area contributed by atoms with Crippen LogP contribution in [0.5, 0.6) is 0 Å². The number of thiophene rings is 1. The Hall–Kier alpha value is -1.19. The van der Waals surface area contributed by atoms with Gasteiger partial charge in [0.2, 0.25) is 0 Å². The van der Waals surface area contributed by atoms with E-state index < -0.39 is 0 Å². The smallest absolute Gasteiger partial charge is 0.0686 e. The molecule has 3 rings (SSSR count). The number of aryl methyl sites for hydroxylation is 3. The third-order valence-corrected chi connectivity index (χ3v) is 5.43. The molecule has 2 aromatic heterocycles. The van der Waals surface area contributed by atoms with E-state index in [4.69, 9.17) is 0 Å². The number of aromatic nitrogens is 1. The van der Waals surface area contributed by atoms with Crippen molar-refractivity contribution < 1.29 is 0 Å². The molecule has 0 aromatic carbocycles. The average molecular weight is 300 g/mol. The zero-order valence-electron chi connectivity index (χ0n) is 13.0. The first-order valence-corrected chi connectivity index (χ1v) is 8.86. The largest absolute Gasteiger partial charge is 0.306 e. The van der Waals surface area contributed by atoms with Gasteiger partial charge in [0.05, 0.1) is 6.04 Å². The van der Waals surface area contributed by atoms with Gasteiger partial charge in [0, 0.05) is 22.1 Å². The molecule has 1 atom stereocenters. The molecular weight excluding hydrogens is 276 g/mol. The van der Waals surface area contributed by atoms with Gasteiger partial charge in [0.1, 0.15) is 0 Å². The van der Waals surface area contributed by atoms with Crippen molar-refractivity contribution in [2.75, 3.05) is 6.54 Å². The van der Waals surface area contributed by atoms with Gasteiger partial charge in [0.15, 0.2) is 0 Å². The summed E-state index contributed by atoms with van der Waals surface area (Å²) in [6.07, 6.45) is 10.3. The SMILES string of the molecule is CCCNC(c1cncc(C)c1)c1cc2c(s1)CCCC2. The van der Waals surface area contributed by atoms with Crippen LogP contribution in [0.15, 0.2) is 24.5 Å². The van der Waals surface area contributed by atoms with Gasteiger partial charge >= 0.3 is 0 Å². The maximum Gasteiger partial charge on any atom is 0.0686 e. The second-order valence-corrected chi connectivity index (χ2v) is 7.16. The fourth-order valence-corrected chi connectivity index (χ4v) is 4.42. The summed E-state index contributed by atoms with van der Waals surface area (Å²) in [4.78, 5) is 7.46. The van der Waals surface area contributed by atoms with Crippen molar-refractivity contribution in [3.8, 4) is 0 Å². The minimum atomic E-state index is 0.299. The lowest BCUT2D eigenvalue weighted by molar-refractivity contribution is 0.603. The van der Waals surface area contributed by atoms with E-state index in [0.29, 0.717) is 6.04 Å². The Labute approximate surface area is 131 Å². The Kier molecular flexibility index (Phi) is 4.71.